The molecule has 1 atom stereocenters. The Morgan fingerprint density at radius 2 is 1.78 bits per heavy atom. The van der Waals surface area contributed by atoms with Crippen LogP contribution in [-0.2, 0) is 6.42 Å². The Bertz CT molecular complexity index is 468. The third-order valence-corrected chi connectivity index (χ3v) is 3.93. The number of nitrogens with zero attached hydrogens (tertiary/aromatic N) is 1. The Morgan fingerprint density at radius 3 is 2.44 bits per heavy atom. The summed E-state index contributed by atoms with van der Waals surface area (Å²) in [6, 6.07) is 12.8. The maximum Gasteiger partial charge on any atom is 0.0270 e. The maximum absolute atomic E-state index is 6.14. The van der Waals surface area contributed by atoms with Crippen molar-refractivity contribution in [3.63, 3.8) is 0 Å². The molecule has 1 unspecified atom stereocenters. The highest BCUT2D eigenvalue weighted by Crippen LogP contribution is 2.19. The first-order valence-corrected chi connectivity index (χ1v) is 7.06. The van der Waals surface area contributed by atoms with Gasteiger partial charge in [0.1, 0.15) is 0 Å². The van der Waals surface area contributed by atoms with Crippen molar-refractivity contribution in [3.05, 3.63) is 59.9 Å². The number of pyridine rings is 1. The topological polar surface area (TPSA) is 38.9 Å². The molecule has 1 aromatic carbocycles. The number of aryl methyl sites for hydroxylation is 1. The standard InChI is InChI=1S/C15H18N2S/c1-12-2-4-15(5-3-12)18-11-14(16)10-13-6-8-17-9-7-13/h2-9,14H,10-11,16H2,1H3. The van der Waals surface area contributed by atoms with E-state index in [9.17, 15) is 0 Å². The molecule has 2 aromatic rings. The van der Waals surface area contributed by atoms with Gasteiger partial charge in [0.05, 0.1) is 0 Å². The third-order valence-electron chi connectivity index (χ3n) is 2.73. The van der Waals surface area contributed by atoms with Gasteiger partial charge in [0.2, 0.25) is 0 Å². The van der Waals surface area contributed by atoms with Crippen molar-refractivity contribution in [2.24, 2.45) is 5.73 Å². The highest BCUT2D eigenvalue weighted by molar-refractivity contribution is 7.99. The number of benzene rings is 1. The number of aromatic nitrogens is 1. The molecule has 1 aromatic heterocycles. The molecule has 3 heteroatoms. The van der Waals surface area contributed by atoms with Gasteiger partial charge in [0.15, 0.2) is 0 Å². The Morgan fingerprint density at radius 1 is 1.11 bits per heavy atom. The first-order chi connectivity index (χ1) is 8.74. The second-order valence-corrected chi connectivity index (χ2v) is 5.54. The predicted molar refractivity (Wildman–Crippen MR) is 77.8 cm³/mol. The molecule has 1 heterocycles. The van der Waals surface area contributed by atoms with Crippen molar-refractivity contribution in [2.45, 2.75) is 24.3 Å². The molecule has 0 bridgehead atoms. The fourth-order valence-corrected chi connectivity index (χ4v) is 2.57. The van der Waals surface area contributed by atoms with E-state index >= 15 is 0 Å². The van der Waals surface area contributed by atoms with Gasteiger partial charge in [-0.05, 0) is 43.2 Å². The van der Waals surface area contributed by atoms with Crippen LogP contribution in [0.3, 0.4) is 0 Å². The van der Waals surface area contributed by atoms with E-state index in [2.05, 4.69) is 36.2 Å². The van der Waals surface area contributed by atoms with Crippen molar-refractivity contribution in [3.8, 4) is 0 Å². The Hall–Kier alpha value is -1.32. The quantitative estimate of drug-likeness (QED) is 0.838. The zero-order valence-corrected chi connectivity index (χ0v) is 11.4. The molecule has 0 aliphatic rings. The van der Waals surface area contributed by atoms with Gasteiger partial charge in [0.25, 0.3) is 0 Å². The second kappa shape index (κ2) is 6.57. The van der Waals surface area contributed by atoms with Crippen LogP contribution >= 0.6 is 11.8 Å². The summed E-state index contributed by atoms with van der Waals surface area (Å²) in [5.74, 6) is 0.936. The molecule has 0 saturated heterocycles. The summed E-state index contributed by atoms with van der Waals surface area (Å²) in [6.07, 6.45) is 4.53. The molecule has 0 fully saturated rings. The zero-order valence-electron chi connectivity index (χ0n) is 10.5. The minimum atomic E-state index is 0.179. The predicted octanol–water partition coefficient (Wildman–Crippen LogP) is 3.05. The van der Waals surface area contributed by atoms with Crippen LogP contribution in [0.15, 0.2) is 53.7 Å². The maximum atomic E-state index is 6.14. The van der Waals surface area contributed by atoms with Crippen molar-refractivity contribution in [2.75, 3.05) is 5.75 Å². The van der Waals surface area contributed by atoms with Crippen LogP contribution in [0, 0.1) is 6.92 Å². The molecule has 94 valence electrons. The molecule has 2 rings (SSSR count). The van der Waals surface area contributed by atoms with Gasteiger partial charge in [-0.25, -0.2) is 0 Å². The Balaban J connectivity index is 1.81. The van der Waals surface area contributed by atoms with Crippen LogP contribution in [0.1, 0.15) is 11.1 Å². The van der Waals surface area contributed by atoms with Gasteiger partial charge in [-0.15, -0.1) is 11.8 Å². The number of thioether (sulfide) groups is 1. The van der Waals surface area contributed by atoms with Crippen LogP contribution < -0.4 is 5.73 Å². The Labute approximate surface area is 113 Å². The highest BCUT2D eigenvalue weighted by Gasteiger charge is 2.05. The average Bonchev–Trinajstić information content (AvgIpc) is 2.39. The van der Waals surface area contributed by atoms with Crippen LogP contribution in [0.2, 0.25) is 0 Å². The van der Waals surface area contributed by atoms with E-state index in [1.807, 2.05) is 36.3 Å². The van der Waals surface area contributed by atoms with E-state index in [4.69, 9.17) is 5.73 Å². The van der Waals surface area contributed by atoms with Crippen LogP contribution in [0.25, 0.3) is 0 Å². The summed E-state index contributed by atoms with van der Waals surface area (Å²) in [5.41, 5.74) is 8.69. The lowest BCUT2D eigenvalue weighted by atomic mass is 10.1. The Kier molecular flexibility index (Phi) is 4.79. The molecular formula is C15H18N2S. The van der Waals surface area contributed by atoms with Crippen LogP contribution in [-0.4, -0.2) is 16.8 Å². The molecule has 0 aliphatic heterocycles. The summed E-state index contributed by atoms with van der Waals surface area (Å²) in [4.78, 5) is 5.29. The van der Waals surface area contributed by atoms with Crippen molar-refractivity contribution in [1.29, 1.82) is 0 Å². The van der Waals surface area contributed by atoms with Crippen molar-refractivity contribution in [1.82, 2.24) is 4.98 Å². The SMILES string of the molecule is Cc1ccc(SCC(N)Cc2ccncc2)cc1. The first kappa shape index (κ1) is 13.1. The van der Waals surface area contributed by atoms with Gasteiger partial charge >= 0.3 is 0 Å². The minimum Gasteiger partial charge on any atom is -0.327 e. The molecule has 0 spiro atoms. The summed E-state index contributed by atoms with van der Waals surface area (Å²) < 4.78 is 0. The van der Waals surface area contributed by atoms with Crippen LogP contribution in [0.4, 0.5) is 0 Å². The molecule has 2 nitrogen and oxygen atoms in total. The minimum absolute atomic E-state index is 0.179. The van der Waals surface area contributed by atoms with Gasteiger partial charge in [-0.1, -0.05) is 17.7 Å². The van der Waals surface area contributed by atoms with E-state index in [0.717, 1.165) is 12.2 Å². The summed E-state index contributed by atoms with van der Waals surface area (Å²) in [5, 5.41) is 0. The van der Waals surface area contributed by atoms with E-state index in [1.54, 1.807) is 0 Å². The molecule has 0 amide bonds. The summed E-state index contributed by atoms with van der Waals surface area (Å²) >= 11 is 1.82. The average molecular weight is 258 g/mol. The van der Waals surface area contributed by atoms with Gasteiger partial charge in [-0.2, -0.15) is 0 Å². The van der Waals surface area contributed by atoms with E-state index in [0.29, 0.717) is 0 Å². The molecule has 18 heavy (non-hydrogen) atoms. The van der Waals surface area contributed by atoms with Gasteiger partial charge < -0.3 is 5.73 Å². The van der Waals surface area contributed by atoms with E-state index < -0.39 is 0 Å². The largest absolute Gasteiger partial charge is 0.327 e. The monoisotopic (exact) mass is 258 g/mol. The molecule has 0 radical (unpaired) electrons. The zero-order chi connectivity index (χ0) is 12.8. The second-order valence-electron chi connectivity index (χ2n) is 4.44. The number of hydrogen-bond acceptors (Lipinski definition) is 3. The van der Waals surface area contributed by atoms with Crippen LogP contribution in [0.5, 0.6) is 0 Å². The van der Waals surface area contributed by atoms with Gasteiger partial charge in [-0.3, -0.25) is 4.98 Å². The molecular weight excluding hydrogens is 240 g/mol. The third kappa shape index (κ3) is 4.17. The van der Waals surface area contributed by atoms with E-state index in [1.165, 1.54) is 16.0 Å². The summed E-state index contributed by atoms with van der Waals surface area (Å²) in [7, 11) is 0. The lowest BCUT2D eigenvalue weighted by Gasteiger charge is -2.11. The fourth-order valence-electron chi connectivity index (χ4n) is 1.72. The lowest BCUT2D eigenvalue weighted by molar-refractivity contribution is 0.748. The highest BCUT2D eigenvalue weighted by atomic mass is 32.2. The first-order valence-electron chi connectivity index (χ1n) is 6.08. The summed E-state index contributed by atoms with van der Waals surface area (Å²) in [6.45, 7) is 2.10. The number of rotatable bonds is 5. The van der Waals surface area contributed by atoms with Crippen molar-refractivity contribution >= 4 is 11.8 Å². The van der Waals surface area contributed by atoms with Crippen molar-refractivity contribution < 1.29 is 0 Å². The fraction of sp³-hybridized carbons (Fsp3) is 0.267. The molecule has 0 aliphatic carbocycles. The lowest BCUT2D eigenvalue weighted by Crippen LogP contribution is -2.25. The van der Waals surface area contributed by atoms with E-state index in [-0.39, 0.29) is 6.04 Å². The molecule has 0 saturated carbocycles. The van der Waals surface area contributed by atoms with Gasteiger partial charge in [0, 0.05) is 29.1 Å². The number of hydrogen-bond donors (Lipinski definition) is 1. The normalized spacial score (nSPS) is 12.3. The smallest absolute Gasteiger partial charge is 0.0270 e. The number of nitrogens with two attached hydrogens (primary N) is 1. The molecule has 2 N–H and O–H groups in total.